The summed E-state index contributed by atoms with van der Waals surface area (Å²) in [6.45, 7) is 1.94. The summed E-state index contributed by atoms with van der Waals surface area (Å²) in [5.41, 5.74) is 1.63. The molecule has 1 heterocycles. The second-order valence-electron chi connectivity index (χ2n) is 3.07. The fraction of sp³-hybridized carbons (Fsp3) is 0.0909. The van der Waals surface area contributed by atoms with E-state index in [2.05, 4.69) is 20.9 Å². The summed E-state index contributed by atoms with van der Waals surface area (Å²) in [5.74, 6) is 0. The first-order valence-corrected chi connectivity index (χ1v) is 5.02. The molecule has 0 fully saturated rings. The summed E-state index contributed by atoms with van der Waals surface area (Å²) in [6.07, 6.45) is 2.59. The SMILES string of the molecule is Cc1nccc2c(C=O)c(Br)ccc12. The van der Waals surface area contributed by atoms with Gasteiger partial charge in [-0.1, -0.05) is 22.0 Å². The Labute approximate surface area is 90.1 Å². The van der Waals surface area contributed by atoms with Crippen molar-refractivity contribution in [2.45, 2.75) is 6.92 Å². The van der Waals surface area contributed by atoms with Crippen LogP contribution in [-0.4, -0.2) is 11.3 Å². The average Bonchev–Trinajstić information content (AvgIpc) is 2.18. The normalized spacial score (nSPS) is 10.4. The second kappa shape index (κ2) is 3.50. The fourth-order valence-corrected chi connectivity index (χ4v) is 1.96. The topological polar surface area (TPSA) is 30.0 Å². The van der Waals surface area contributed by atoms with E-state index in [1.165, 1.54) is 0 Å². The molecular weight excluding hydrogens is 242 g/mol. The Morgan fingerprint density at radius 3 is 2.79 bits per heavy atom. The van der Waals surface area contributed by atoms with E-state index in [0.717, 1.165) is 27.2 Å². The number of carbonyl (C=O) groups excluding carboxylic acids is 1. The van der Waals surface area contributed by atoms with Crippen molar-refractivity contribution < 1.29 is 4.79 Å². The molecule has 0 N–H and O–H groups in total. The molecule has 2 rings (SSSR count). The first kappa shape index (κ1) is 9.34. The van der Waals surface area contributed by atoms with Gasteiger partial charge in [0.2, 0.25) is 0 Å². The van der Waals surface area contributed by atoms with Crippen LogP contribution in [0.4, 0.5) is 0 Å². The van der Waals surface area contributed by atoms with Crippen LogP contribution in [0.5, 0.6) is 0 Å². The Balaban J connectivity index is 2.95. The number of pyridine rings is 1. The number of fused-ring (bicyclic) bond motifs is 1. The molecule has 14 heavy (non-hydrogen) atoms. The second-order valence-corrected chi connectivity index (χ2v) is 3.92. The van der Waals surface area contributed by atoms with E-state index in [1.807, 2.05) is 25.1 Å². The maximum Gasteiger partial charge on any atom is 0.151 e. The highest BCUT2D eigenvalue weighted by Crippen LogP contribution is 2.25. The number of aryl methyl sites for hydroxylation is 1. The number of aldehydes is 1. The van der Waals surface area contributed by atoms with E-state index in [0.29, 0.717) is 5.56 Å². The third-order valence-corrected chi connectivity index (χ3v) is 2.94. The van der Waals surface area contributed by atoms with Crippen molar-refractivity contribution in [2.24, 2.45) is 0 Å². The van der Waals surface area contributed by atoms with Gasteiger partial charge in [0.1, 0.15) is 0 Å². The smallest absolute Gasteiger partial charge is 0.151 e. The highest BCUT2D eigenvalue weighted by atomic mass is 79.9. The first-order valence-electron chi connectivity index (χ1n) is 4.23. The van der Waals surface area contributed by atoms with Crippen molar-refractivity contribution >= 4 is 33.0 Å². The van der Waals surface area contributed by atoms with E-state index in [1.54, 1.807) is 6.20 Å². The van der Waals surface area contributed by atoms with E-state index in [4.69, 9.17) is 0 Å². The minimum absolute atomic E-state index is 0.688. The van der Waals surface area contributed by atoms with Gasteiger partial charge in [-0.25, -0.2) is 0 Å². The van der Waals surface area contributed by atoms with E-state index < -0.39 is 0 Å². The molecule has 0 aliphatic carbocycles. The van der Waals surface area contributed by atoms with Crippen LogP contribution in [0.25, 0.3) is 10.8 Å². The zero-order valence-electron chi connectivity index (χ0n) is 7.62. The molecule has 70 valence electrons. The standard InChI is InChI=1S/C11H8BrNO/c1-7-8-2-3-11(12)10(6-14)9(8)4-5-13-7/h2-6H,1H3. The molecule has 0 atom stereocenters. The van der Waals surface area contributed by atoms with Crippen molar-refractivity contribution in [3.63, 3.8) is 0 Å². The quantitative estimate of drug-likeness (QED) is 0.728. The molecule has 0 unspecified atom stereocenters. The monoisotopic (exact) mass is 249 g/mol. The highest BCUT2D eigenvalue weighted by molar-refractivity contribution is 9.10. The van der Waals surface area contributed by atoms with E-state index in [-0.39, 0.29) is 0 Å². The van der Waals surface area contributed by atoms with Crippen LogP contribution >= 0.6 is 15.9 Å². The lowest BCUT2D eigenvalue weighted by molar-refractivity contribution is 0.112. The third-order valence-electron chi connectivity index (χ3n) is 2.25. The molecule has 0 bridgehead atoms. The van der Waals surface area contributed by atoms with Gasteiger partial charge in [0.15, 0.2) is 6.29 Å². The molecule has 0 saturated carbocycles. The molecule has 3 heteroatoms. The highest BCUT2D eigenvalue weighted by Gasteiger charge is 2.06. The molecule has 2 aromatic rings. The van der Waals surface area contributed by atoms with Gasteiger partial charge in [-0.05, 0) is 24.4 Å². The van der Waals surface area contributed by atoms with Crippen LogP contribution in [0.1, 0.15) is 16.1 Å². The number of nitrogens with zero attached hydrogens (tertiary/aromatic N) is 1. The van der Waals surface area contributed by atoms with Crippen LogP contribution in [0.2, 0.25) is 0 Å². The molecule has 0 aliphatic heterocycles. The third kappa shape index (κ3) is 1.34. The van der Waals surface area contributed by atoms with Crippen LogP contribution in [0.3, 0.4) is 0 Å². The molecule has 2 nitrogen and oxygen atoms in total. The summed E-state index contributed by atoms with van der Waals surface area (Å²) in [7, 11) is 0. The summed E-state index contributed by atoms with van der Waals surface area (Å²) in [6, 6.07) is 5.70. The molecule has 0 radical (unpaired) electrons. The average molecular weight is 250 g/mol. The van der Waals surface area contributed by atoms with Crippen molar-refractivity contribution in [1.82, 2.24) is 4.98 Å². The van der Waals surface area contributed by atoms with Crippen LogP contribution in [0, 0.1) is 6.92 Å². The van der Waals surface area contributed by atoms with Crippen LogP contribution < -0.4 is 0 Å². The number of hydrogen-bond donors (Lipinski definition) is 0. The van der Waals surface area contributed by atoms with Gasteiger partial charge in [0.05, 0.1) is 0 Å². The molecular formula is C11H8BrNO. The Kier molecular flexibility index (Phi) is 2.33. The molecule has 0 spiro atoms. The summed E-state index contributed by atoms with van der Waals surface area (Å²) < 4.78 is 0.825. The van der Waals surface area contributed by atoms with Gasteiger partial charge in [-0.2, -0.15) is 0 Å². The number of aromatic nitrogens is 1. The van der Waals surface area contributed by atoms with Gasteiger partial charge >= 0.3 is 0 Å². The predicted molar refractivity (Wildman–Crippen MR) is 59.6 cm³/mol. The van der Waals surface area contributed by atoms with Crippen molar-refractivity contribution in [2.75, 3.05) is 0 Å². The van der Waals surface area contributed by atoms with Gasteiger partial charge in [-0.15, -0.1) is 0 Å². The minimum Gasteiger partial charge on any atom is -0.298 e. The molecule has 0 aliphatic rings. The summed E-state index contributed by atoms with van der Waals surface area (Å²) in [4.78, 5) is 15.1. The van der Waals surface area contributed by atoms with E-state index in [9.17, 15) is 4.79 Å². The molecule has 1 aromatic carbocycles. The lowest BCUT2D eigenvalue weighted by atomic mass is 10.1. The fourth-order valence-electron chi connectivity index (χ4n) is 1.52. The van der Waals surface area contributed by atoms with Crippen LogP contribution in [-0.2, 0) is 0 Å². The van der Waals surface area contributed by atoms with Crippen LogP contribution in [0.15, 0.2) is 28.9 Å². The van der Waals surface area contributed by atoms with Crippen molar-refractivity contribution in [1.29, 1.82) is 0 Å². The number of carbonyl (C=O) groups is 1. The molecule has 0 saturated heterocycles. The number of halogens is 1. The van der Waals surface area contributed by atoms with Gasteiger partial charge in [0.25, 0.3) is 0 Å². The zero-order chi connectivity index (χ0) is 10.1. The number of hydrogen-bond acceptors (Lipinski definition) is 2. The first-order chi connectivity index (χ1) is 6.74. The van der Waals surface area contributed by atoms with E-state index >= 15 is 0 Å². The maximum absolute atomic E-state index is 10.9. The Morgan fingerprint density at radius 2 is 2.07 bits per heavy atom. The molecule has 1 aromatic heterocycles. The Hall–Kier alpha value is -1.22. The number of benzene rings is 1. The summed E-state index contributed by atoms with van der Waals surface area (Å²) in [5, 5.41) is 1.97. The lowest BCUT2D eigenvalue weighted by Gasteiger charge is -2.04. The van der Waals surface area contributed by atoms with Gasteiger partial charge < -0.3 is 0 Å². The lowest BCUT2D eigenvalue weighted by Crippen LogP contribution is -1.89. The Bertz CT molecular complexity index is 508. The van der Waals surface area contributed by atoms with Gasteiger partial charge in [0, 0.05) is 27.3 Å². The largest absolute Gasteiger partial charge is 0.298 e. The minimum atomic E-state index is 0.688. The molecule has 0 amide bonds. The van der Waals surface area contributed by atoms with Crippen molar-refractivity contribution in [3.8, 4) is 0 Å². The van der Waals surface area contributed by atoms with Gasteiger partial charge in [-0.3, -0.25) is 9.78 Å². The van der Waals surface area contributed by atoms with Crippen molar-refractivity contribution in [3.05, 3.63) is 40.1 Å². The zero-order valence-corrected chi connectivity index (χ0v) is 9.21. The predicted octanol–water partition coefficient (Wildman–Crippen LogP) is 3.12. The number of rotatable bonds is 1. The Morgan fingerprint density at radius 1 is 1.29 bits per heavy atom. The maximum atomic E-state index is 10.9. The summed E-state index contributed by atoms with van der Waals surface area (Å²) >= 11 is 3.35.